The van der Waals surface area contributed by atoms with Crippen molar-refractivity contribution in [1.82, 2.24) is 0 Å². The number of alkyl halides is 3. The van der Waals surface area contributed by atoms with Crippen LogP contribution in [0, 0.1) is 5.82 Å². The summed E-state index contributed by atoms with van der Waals surface area (Å²) in [6.07, 6.45) is -4.48. The van der Waals surface area contributed by atoms with Crippen molar-refractivity contribution < 1.29 is 41.7 Å². The van der Waals surface area contributed by atoms with E-state index in [0.717, 1.165) is 17.7 Å². The summed E-state index contributed by atoms with van der Waals surface area (Å²) in [5, 5.41) is 12.8. The molecule has 47 heavy (non-hydrogen) atoms. The Balaban J connectivity index is 1.33. The standard InChI is InChI=1S/C37H29F4NO5/c1-22(2)31-20-34(42-35(43)25-10-14-28(15-11-25)47-29-16-12-27(38)13-17-29)33(36(44)45)19-32(31)24-8-6-23(7-9-24)21-46-30-5-3-4-26(18-30)37(39,40)41/h3-20,22H,21H2,1-2H3,(H,42,43)(H,44,45). The first-order valence-corrected chi connectivity index (χ1v) is 14.5. The van der Waals surface area contributed by atoms with Gasteiger partial charge in [0.1, 0.15) is 29.7 Å². The number of carboxylic acid groups (broad SMARTS) is 1. The van der Waals surface area contributed by atoms with Crippen LogP contribution in [0.2, 0.25) is 0 Å². The molecular weight excluding hydrogens is 614 g/mol. The van der Waals surface area contributed by atoms with Gasteiger partial charge in [-0.25, -0.2) is 9.18 Å². The zero-order valence-corrected chi connectivity index (χ0v) is 25.3. The maximum atomic E-state index is 13.2. The largest absolute Gasteiger partial charge is 0.489 e. The SMILES string of the molecule is CC(C)c1cc(NC(=O)c2ccc(Oc3ccc(F)cc3)cc2)c(C(=O)O)cc1-c1ccc(COc2cccc(C(F)(F)F)c2)cc1. The van der Waals surface area contributed by atoms with Gasteiger partial charge in [-0.2, -0.15) is 13.2 Å². The quantitative estimate of drug-likeness (QED) is 0.148. The summed E-state index contributed by atoms with van der Waals surface area (Å²) >= 11 is 0. The van der Waals surface area contributed by atoms with Crippen molar-refractivity contribution in [3.63, 3.8) is 0 Å². The lowest BCUT2D eigenvalue weighted by Gasteiger charge is -2.18. The molecule has 6 nitrogen and oxygen atoms in total. The van der Waals surface area contributed by atoms with Gasteiger partial charge in [0.15, 0.2) is 0 Å². The Kier molecular flexibility index (Phi) is 9.60. The summed E-state index contributed by atoms with van der Waals surface area (Å²) in [4.78, 5) is 25.5. The number of aromatic carboxylic acids is 1. The zero-order chi connectivity index (χ0) is 33.7. The van der Waals surface area contributed by atoms with E-state index in [4.69, 9.17) is 9.47 Å². The average Bonchev–Trinajstić information content (AvgIpc) is 3.05. The summed E-state index contributed by atoms with van der Waals surface area (Å²) in [7, 11) is 0. The van der Waals surface area contributed by atoms with Crippen molar-refractivity contribution in [1.29, 1.82) is 0 Å². The molecule has 0 bridgehead atoms. The normalized spacial score (nSPS) is 11.3. The molecule has 0 aliphatic carbocycles. The Hall–Kier alpha value is -5.64. The number of hydrogen-bond acceptors (Lipinski definition) is 4. The molecule has 0 spiro atoms. The summed E-state index contributed by atoms with van der Waals surface area (Å²) in [5.41, 5.74) is 2.36. The summed E-state index contributed by atoms with van der Waals surface area (Å²) < 4.78 is 63.5. The first-order valence-electron chi connectivity index (χ1n) is 14.5. The van der Waals surface area contributed by atoms with E-state index in [1.807, 2.05) is 13.8 Å². The van der Waals surface area contributed by atoms with Crippen molar-refractivity contribution >= 4 is 17.6 Å². The number of carbonyl (C=O) groups excluding carboxylic acids is 1. The molecule has 1 amide bonds. The molecule has 0 heterocycles. The van der Waals surface area contributed by atoms with Crippen LogP contribution < -0.4 is 14.8 Å². The second-order valence-electron chi connectivity index (χ2n) is 11.0. The van der Waals surface area contributed by atoms with Gasteiger partial charge in [0.05, 0.1) is 16.8 Å². The molecule has 0 aliphatic heterocycles. The lowest BCUT2D eigenvalue weighted by atomic mass is 9.89. The highest BCUT2D eigenvalue weighted by atomic mass is 19.4. The number of anilines is 1. The Morgan fingerprint density at radius 3 is 2.04 bits per heavy atom. The molecule has 0 saturated heterocycles. The van der Waals surface area contributed by atoms with Crippen LogP contribution in [-0.4, -0.2) is 17.0 Å². The number of amides is 1. The highest BCUT2D eigenvalue weighted by Crippen LogP contribution is 2.35. The molecule has 240 valence electrons. The number of halogens is 4. The number of hydrogen-bond donors (Lipinski definition) is 2. The van der Waals surface area contributed by atoms with Crippen LogP contribution in [0.25, 0.3) is 11.1 Å². The van der Waals surface area contributed by atoms with E-state index in [9.17, 15) is 32.3 Å². The predicted octanol–water partition coefficient (Wildman–Crippen LogP) is 9.96. The number of carbonyl (C=O) groups is 2. The van der Waals surface area contributed by atoms with E-state index in [0.29, 0.717) is 28.2 Å². The van der Waals surface area contributed by atoms with E-state index in [1.54, 1.807) is 42.5 Å². The Labute approximate surface area is 268 Å². The number of carboxylic acids is 1. The molecule has 0 saturated carbocycles. The Morgan fingerprint density at radius 1 is 0.809 bits per heavy atom. The number of benzene rings is 5. The fraction of sp³-hybridized carbons (Fsp3) is 0.135. The Bertz CT molecular complexity index is 1890. The summed E-state index contributed by atoms with van der Waals surface area (Å²) in [6, 6.07) is 26.6. The molecule has 0 aliphatic rings. The van der Waals surface area contributed by atoms with Gasteiger partial charge < -0.3 is 19.9 Å². The number of nitrogens with one attached hydrogen (secondary N) is 1. The van der Waals surface area contributed by atoms with Gasteiger partial charge >= 0.3 is 12.1 Å². The lowest BCUT2D eigenvalue weighted by molar-refractivity contribution is -0.137. The van der Waals surface area contributed by atoms with Crippen LogP contribution in [0.3, 0.4) is 0 Å². The van der Waals surface area contributed by atoms with Crippen LogP contribution in [0.5, 0.6) is 17.2 Å². The van der Waals surface area contributed by atoms with Gasteiger partial charge in [0.25, 0.3) is 5.91 Å². The van der Waals surface area contributed by atoms with Crippen LogP contribution in [0.1, 0.15) is 57.2 Å². The maximum Gasteiger partial charge on any atom is 0.416 e. The molecule has 10 heteroatoms. The van der Waals surface area contributed by atoms with E-state index in [-0.39, 0.29) is 35.1 Å². The lowest BCUT2D eigenvalue weighted by Crippen LogP contribution is -2.15. The minimum Gasteiger partial charge on any atom is -0.489 e. The van der Waals surface area contributed by atoms with Crippen molar-refractivity contribution in [2.24, 2.45) is 0 Å². The van der Waals surface area contributed by atoms with Gasteiger partial charge in [0.2, 0.25) is 0 Å². The summed E-state index contributed by atoms with van der Waals surface area (Å²) in [6.45, 7) is 3.92. The average molecular weight is 644 g/mol. The van der Waals surface area contributed by atoms with Gasteiger partial charge in [-0.15, -0.1) is 0 Å². The van der Waals surface area contributed by atoms with E-state index in [1.165, 1.54) is 54.6 Å². The highest BCUT2D eigenvalue weighted by molar-refractivity contribution is 6.08. The molecule has 0 unspecified atom stereocenters. The highest BCUT2D eigenvalue weighted by Gasteiger charge is 2.30. The van der Waals surface area contributed by atoms with E-state index < -0.39 is 29.4 Å². The molecule has 0 radical (unpaired) electrons. The monoisotopic (exact) mass is 643 g/mol. The second kappa shape index (κ2) is 13.8. The molecule has 0 aromatic heterocycles. The Morgan fingerprint density at radius 2 is 1.45 bits per heavy atom. The van der Waals surface area contributed by atoms with Gasteiger partial charge in [-0.3, -0.25) is 4.79 Å². The third-order valence-corrected chi connectivity index (χ3v) is 7.29. The minimum absolute atomic E-state index is 0.0311. The van der Waals surface area contributed by atoms with Crippen LogP contribution in [-0.2, 0) is 12.8 Å². The fourth-order valence-corrected chi connectivity index (χ4v) is 4.84. The fourth-order valence-electron chi connectivity index (χ4n) is 4.84. The first-order chi connectivity index (χ1) is 22.4. The molecule has 0 atom stereocenters. The van der Waals surface area contributed by atoms with Gasteiger partial charge in [-0.05, 0) is 107 Å². The maximum absolute atomic E-state index is 13.2. The van der Waals surface area contributed by atoms with Crippen molar-refractivity contribution in [2.75, 3.05) is 5.32 Å². The van der Waals surface area contributed by atoms with Crippen LogP contribution in [0.4, 0.5) is 23.2 Å². The predicted molar refractivity (Wildman–Crippen MR) is 170 cm³/mol. The number of rotatable bonds is 10. The van der Waals surface area contributed by atoms with Gasteiger partial charge in [-0.1, -0.05) is 44.2 Å². The van der Waals surface area contributed by atoms with E-state index >= 15 is 0 Å². The van der Waals surface area contributed by atoms with E-state index in [2.05, 4.69) is 5.32 Å². The van der Waals surface area contributed by atoms with Crippen molar-refractivity contribution in [3.8, 4) is 28.4 Å². The minimum atomic E-state index is -4.48. The number of ether oxygens (including phenoxy) is 2. The topological polar surface area (TPSA) is 84.9 Å². The van der Waals surface area contributed by atoms with Crippen LogP contribution >= 0.6 is 0 Å². The van der Waals surface area contributed by atoms with Crippen LogP contribution in [0.15, 0.2) is 109 Å². The third kappa shape index (κ3) is 8.15. The molecule has 5 aromatic carbocycles. The molecular formula is C37H29F4NO5. The van der Waals surface area contributed by atoms with Gasteiger partial charge in [0, 0.05) is 5.56 Å². The smallest absolute Gasteiger partial charge is 0.416 e. The second-order valence-corrected chi connectivity index (χ2v) is 11.0. The molecule has 5 rings (SSSR count). The third-order valence-electron chi connectivity index (χ3n) is 7.29. The first kappa shape index (κ1) is 32.7. The van der Waals surface area contributed by atoms with Crippen molar-refractivity contribution in [3.05, 3.63) is 143 Å². The molecule has 0 fully saturated rings. The summed E-state index contributed by atoms with van der Waals surface area (Å²) in [5.74, 6) is -1.25. The molecule has 5 aromatic rings. The molecule has 2 N–H and O–H groups in total. The van der Waals surface area contributed by atoms with Crippen molar-refractivity contribution in [2.45, 2.75) is 32.5 Å². The zero-order valence-electron chi connectivity index (χ0n) is 25.3.